The lowest BCUT2D eigenvalue weighted by atomic mass is 9.79. The Morgan fingerprint density at radius 3 is 2.79 bits per heavy atom. The van der Waals surface area contributed by atoms with Crippen LogP contribution in [-0.2, 0) is 0 Å². The molecule has 0 saturated heterocycles. The number of hydrogen-bond acceptors (Lipinski definition) is 2. The smallest absolute Gasteiger partial charge is 0.0640 e. The van der Waals surface area contributed by atoms with Crippen LogP contribution < -0.4 is 5.73 Å². The maximum atomic E-state index is 6.33. The number of nitrogens with zero attached hydrogens (tertiary/aromatic N) is 1. The Balaban J connectivity index is 1.91. The summed E-state index contributed by atoms with van der Waals surface area (Å²) in [7, 11) is 0. The Labute approximate surface area is 118 Å². The molecule has 0 amide bonds. The van der Waals surface area contributed by atoms with Crippen molar-refractivity contribution >= 4 is 11.6 Å². The van der Waals surface area contributed by atoms with Gasteiger partial charge in [0.2, 0.25) is 0 Å². The lowest BCUT2D eigenvalue weighted by Crippen LogP contribution is -2.14. The second kappa shape index (κ2) is 5.32. The van der Waals surface area contributed by atoms with E-state index in [2.05, 4.69) is 29.2 Å². The monoisotopic (exact) mass is 272 g/mol. The Morgan fingerprint density at radius 2 is 2.11 bits per heavy atom. The Hall–Kier alpha value is -1.38. The van der Waals surface area contributed by atoms with E-state index in [0.717, 1.165) is 17.0 Å². The fraction of sp³-hybridized carbons (Fsp3) is 0.312. The fourth-order valence-electron chi connectivity index (χ4n) is 2.57. The van der Waals surface area contributed by atoms with Crippen molar-refractivity contribution in [3.05, 3.63) is 64.4 Å². The van der Waals surface area contributed by atoms with Crippen LogP contribution in [0.5, 0.6) is 0 Å². The summed E-state index contributed by atoms with van der Waals surface area (Å²) in [5, 5.41) is 0.629. The minimum atomic E-state index is -0.185. The number of halogens is 1. The minimum absolute atomic E-state index is 0.185. The van der Waals surface area contributed by atoms with Gasteiger partial charge >= 0.3 is 0 Å². The first-order valence-corrected chi connectivity index (χ1v) is 7.08. The summed E-state index contributed by atoms with van der Waals surface area (Å²) >= 11 is 6.17. The van der Waals surface area contributed by atoms with Crippen LogP contribution in [0.3, 0.4) is 0 Å². The van der Waals surface area contributed by atoms with Crippen LogP contribution >= 0.6 is 11.6 Å². The molecule has 2 nitrogen and oxygen atoms in total. The van der Waals surface area contributed by atoms with E-state index in [0.29, 0.717) is 5.02 Å². The van der Waals surface area contributed by atoms with Crippen LogP contribution in [0.4, 0.5) is 0 Å². The standard InChI is InChI=1S/C16H17ClN2/c17-15-10-19-8-7-14(15)16(18)13-6-2-5-12(9-13)11-3-1-4-11/h2,5-11,16H,1,3-4,18H2. The third kappa shape index (κ3) is 2.51. The predicted molar refractivity (Wildman–Crippen MR) is 78.3 cm³/mol. The fourth-order valence-corrected chi connectivity index (χ4v) is 2.80. The second-order valence-electron chi connectivity index (χ2n) is 5.17. The molecule has 1 heterocycles. The third-order valence-corrected chi connectivity index (χ3v) is 4.30. The normalized spacial score (nSPS) is 16.9. The first kappa shape index (κ1) is 12.6. The van der Waals surface area contributed by atoms with E-state index in [9.17, 15) is 0 Å². The molecule has 2 N–H and O–H groups in total. The first-order chi connectivity index (χ1) is 9.25. The molecule has 1 unspecified atom stereocenters. The van der Waals surface area contributed by atoms with E-state index in [-0.39, 0.29) is 6.04 Å². The van der Waals surface area contributed by atoms with Gasteiger partial charge in [-0.05, 0) is 41.5 Å². The molecule has 1 fully saturated rings. The Kier molecular flexibility index (Phi) is 3.54. The Morgan fingerprint density at radius 1 is 1.26 bits per heavy atom. The van der Waals surface area contributed by atoms with Crippen molar-refractivity contribution in [2.45, 2.75) is 31.2 Å². The van der Waals surface area contributed by atoms with Gasteiger partial charge in [0.25, 0.3) is 0 Å². The topological polar surface area (TPSA) is 38.9 Å². The van der Waals surface area contributed by atoms with Gasteiger partial charge in [0, 0.05) is 12.4 Å². The van der Waals surface area contributed by atoms with Gasteiger partial charge in [-0.1, -0.05) is 42.3 Å². The van der Waals surface area contributed by atoms with Crippen molar-refractivity contribution in [1.29, 1.82) is 0 Å². The zero-order valence-electron chi connectivity index (χ0n) is 10.7. The van der Waals surface area contributed by atoms with Gasteiger partial charge < -0.3 is 5.73 Å². The molecule has 19 heavy (non-hydrogen) atoms. The third-order valence-electron chi connectivity index (χ3n) is 3.99. The molecule has 1 atom stereocenters. The van der Waals surface area contributed by atoms with Gasteiger partial charge in [0.1, 0.15) is 0 Å². The molecule has 3 heteroatoms. The van der Waals surface area contributed by atoms with Crippen molar-refractivity contribution < 1.29 is 0 Å². The quantitative estimate of drug-likeness (QED) is 0.915. The van der Waals surface area contributed by atoms with E-state index in [1.54, 1.807) is 12.4 Å². The molecule has 1 aliphatic rings. The van der Waals surface area contributed by atoms with Gasteiger partial charge in [-0.15, -0.1) is 0 Å². The Bertz CT molecular complexity index is 578. The highest BCUT2D eigenvalue weighted by atomic mass is 35.5. The molecule has 0 aliphatic heterocycles. The number of nitrogens with two attached hydrogens (primary N) is 1. The lowest BCUT2D eigenvalue weighted by molar-refractivity contribution is 0.419. The first-order valence-electron chi connectivity index (χ1n) is 6.70. The predicted octanol–water partition coefficient (Wildman–Crippen LogP) is 4.05. The van der Waals surface area contributed by atoms with Crippen LogP contribution in [0.15, 0.2) is 42.7 Å². The van der Waals surface area contributed by atoms with Gasteiger partial charge in [-0.25, -0.2) is 0 Å². The van der Waals surface area contributed by atoms with Crippen molar-refractivity contribution in [2.24, 2.45) is 5.73 Å². The summed E-state index contributed by atoms with van der Waals surface area (Å²) in [6, 6.07) is 10.3. The molecule has 0 bridgehead atoms. The maximum Gasteiger partial charge on any atom is 0.0640 e. The minimum Gasteiger partial charge on any atom is -0.320 e. The van der Waals surface area contributed by atoms with E-state index in [1.165, 1.54) is 24.8 Å². The molecule has 0 spiro atoms. The van der Waals surface area contributed by atoms with Crippen LogP contribution in [0.2, 0.25) is 5.02 Å². The number of rotatable bonds is 3. The van der Waals surface area contributed by atoms with Gasteiger partial charge in [-0.3, -0.25) is 4.98 Å². The van der Waals surface area contributed by atoms with E-state index in [4.69, 9.17) is 17.3 Å². The summed E-state index contributed by atoms with van der Waals surface area (Å²) in [5.41, 5.74) is 9.80. The molecule has 98 valence electrons. The second-order valence-corrected chi connectivity index (χ2v) is 5.58. The van der Waals surface area contributed by atoms with Crippen molar-refractivity contribution in [3.63, 3.8) is 0 Å². The highest BCUT2D eigenvalue weighted by Gasteiger charge is 2.20. The number of benzene rings is 1. The van der Waals surface area contributed by atoms with Crippen LogP contribution in [0, 0.1) is 0 Å². The molecule has 1 aliphatic carbocycles. The zero-order valence-corrected chi connectivity index (χ0v) is 11.5. The van der Waals surface area contributed by atoms with Crippen molar-refractivity contribution in [2.75, 3.05) is 0 Å². The SMILES string of the molecule is NC(c1cccc(C2CCC2)c1)c1ccncc1Cl. The van der Waals surface area contributed by atoms with E-state index < -0.39 is 0 Å². The molecular formula is C16H17ClN2. The summed E-state index contributed by atoms with van der Waals surface area (Å²) in [4.78, 5) is 4.00. The highest BCUT2D eigenvalue weighted by Crippen LogP contribution is 2.37. The van der Waals surface area contributed by atoms with Crippen LogP contribution in [0.25, 0.3) is 0 Å². The molecule has 0 radical (unpaired) electrons. The number of pyridine rings is 1. The zero-order chi connectivity index (χ0) is 13.2. The largest absolute Gasteiger partial charge is 0.320 e. The molecule has 3 rings (SSSR count). The van der Waals surface area contributed by atoms with Crippen molar-refractivity contribution in [3.8, 4) is 0 Å². The summed E-state index contributed by atoms with van der Waals surface area (Å²) in [6.07, 6.45) is 7.32. The summed E-state index contributed by atoms with van der Waals surface area (Å²) in [6.45, 7) is 0. The number of aromatic nitrogens is 1. The number of hydrogen-bond donors (Lipinski definition) is 1. The van der Waals surface area contributed by atoms with Gasteiger partial charge in [0.05, 0.1) is 11.1 Å². The van der Waals surface area contributed by atoms with Gasteiger partial charge in [-0.2, -0.15) is 0 Å². The van der Waals surface area contributed by atoms with Crippen LogP contribution in [-0.4, -0.2) is 4.98 Å². The van der Waals surface area contributed by atoms with E-state index in [1.807, 2.05) is 6.07 Å². The highest BCUT2D eigenvalue weighted by molar-refractivity contribution is 6.31. The lowest BCUT2D eigenvalue weighted by Gasteiger charge is -2.26. The maximum absolute atomic E-state index is 6.33. The molecule has 1 saturated carbocycles. The summed E-state index contributed by atoms with van der Waals surface area (Å²) in [5.74, 6) is 0.722. The molecule has 2 aromatic rings. The molecule has 1 aromatic heterocycles. The molecular weight excluding hydrogens is 256 g/mol. The summed E-state index contributed by atoms with van der Waals surface area (Å²) < 4.78 is 0. The van der Waals surface area contributed by atoms with Crippen LogP contribution in [0.1, 0.15) is 47.9 Å². The average Bonchev–Trinajstić information content (AvgIpc) is 2.37. The van der Waals surface area contributed by atoms with Crippen molar-refractivity contribution in [1.82, 2.24) is 4.98 Å². The van der Waals surface area contributed by atoms with E-state index >= 15 is 0 Å². The van der Waals surface area contributed by atoms with Gasteiger partial charge in [0.15, 0.2) is 0 Å². The average molecular weight is 273 g/mol. The molecule has 1 aromatic carbocycles.